The number of nitrogens with one attached hydrogen (secondary N) is 2. The lowest BCUT2D eigenvalue weighted by Gasteiger charge is -2.19. The third kappa shape index (κ3) is 5.20. The molecule has 0 fully saturated rings. The van der Waals surface area contributed by atoms with Gasteiger partial charge in [-0.3, -0.25) is 4.68 Å². The van der Waals surface area contributed by atoms with E-state index in [1.165, 1.54) is 6.20 Å². The van der Waals surface area contributed by atoms with Gasteiger partial charge in [0.15, 0.2) is 0 Å². The summed E-state index contributed by atoms with van der Waals surface area (Å²) in [4.78, 5) is 2.18. The number of rotatable bonds is 9. The molecule has 116 valence electrons. The van der Waals surface area contributed by atoms with Crippen molar-refractivity contribution < 1.29 is 8.42 Å². The third-order valence-electron chi connectivity index (χ3n) is 3.18. The molecule has 0 aliphatic carbocycles. The molecule has 0 spiro atoms. The van der Waals surface area contributed by atoms with Crippen molar-refractivity contribution in [1.29, 1.82) is 0 Å². The molecule has 1 heterocycles. The molecule has 8 heteroatoms. The molecule has 0 aliphatic rings. The minimum absolute atomic E-state index is 0.135. The summed E-state index contributed by atoms with van der Waals surface area (Å²) < 4.78 is 28.5. The van der Waals surface area contributed by atoms with Crippen molar-refractivity contribution in [2.24, 2.45) is 0 Å². The summed E-state index contributed by atoms with van der Waals surface area (Å²) in [6.07, 6.45) is 3.86. The van der Waals surface area contributed by atoms with Crippen LogP contribution in [0.2, 0.25) is 0 Å². The average molecular weight is 303 g/mol. The SMILES string of the molecule is CNCCCn1cc(S(=O)(=O)NCC(C)N(C)C)cn1. The smallest absolute Gasteiger partial charge is 0.243 e. The van der Waals surface area contributed by atoms with Crippen molar-refractivity contribution >= 4 is 10.0 Å². The van der Waals surface area contributed by atoms with Crippen molar-refractivity contribution in [2.75, 3.05) is 34.2 Å². The first-order valence-corrected chi connectivity index (χ1v) is 8.18. The first kappa shape index (κ1) is 17.1. The molecule has 0 bridgehead atoms. The molecule has 1 unspecified atom stereocenters. The van der Waals surface area contributed by atoms with Crippen molar-refractivity contribution in [3.63, 3.8) is 0 Å². The summed E-state index contributed by atoms with van der Waals surface area (Å²) in [5.41, 5.74) is 0. The van der Waals surface area contributed by atoms with Gasteiger partial charge in [0.1, 0.15) is 4.90 Å². The summed E-state index contributed by atoms with van der Waals surface area (Å²) in [5.74, 6) is 0. The number of hydrogen-bond donors (Lipinski definition) is 2. The minimum Gasteiger partial charge on any atom is -0.320 e. The predicted molar refractivity (Wildman–Crippen MR) is 79.1 cm³/mol. The van der Waals surface area contributed by atoms with Gasteiger partial charge >= 0.3 is 0 Å². The van der Waals surface area contributed by atoms with Gasteiger partial charge in [-0.15, -0.1) is 0 Å². The molecule has 0 saturated heterocycles. The van der Waals surface area contributed by atoms with Crippen LogP contribution in [0, 0.1) is 0 Å². The summed E-state index contributed by atoms with van der Waals surface area (Å²) in [7, 11) is 2.24. The van der Waals surface area contributed by atoms with Crippen LogP contribution in [-0.2, 0) is 16.6 Å². The maximum Gasteiger partial charge on any atom is 0.243 e. The van der Waals surface area contributed by atoms with E-state index >= 15 is 0 Å². The van der Waals surface area contributed by atoms with E-state index in [0.717, 1.165) is 13.0 Å². The molecule has 0 amide bonds. The Morgan fingerprint density at radius 1 is 1.45 bits per heavy atom. The molecule has 0 aromatic carbocycles. The van der Waals surface area contributed by atoms with Crippen LogP contribution < -0.4 is 10.0 Å². The normalized spacial score (nSPS) is 13.8. The molecule has 0 radical (unpaired) electrons. The third-order valence-corrected chi connectivity index (χ3v) is 4.56. The topological polar surface area (TPSA) is 79.3 Å². The van der Waals surface area contributed by atoms with E-state index in [9.17, 15) is 8.42 Å². The highest BCUT2D eigenvalue weighted by Crippen LogP contribution is 2.07. The fourth-order valence-corrected chi connectivity index (χ4v) is 2.59. The van der Waals surface area contributed by atoms with E-state index in [-0.39, 0.29) is 10.9 Å². The largest absolute Gasteiger partial charge is 0.320 e. The number of aromatic nitrogens is 2. The Balaban J connectivity index is 2.59. The van der Waals surface area contributed by atoms with Crippen LogP contribution >= 0.6 is 0 Å². The van der Waals surface area contributed by atoms with Crippen molar-refractivity contribution in [1.82, 2.24) is 24.7 Å². The van der Waals surface area contributed by atoms with Crippen LogP contribution in [0.5, 0.6) is 0 Å². The van der Waals surface area contributed by atoms with Gasteiger partial charge in [0.25, 0.3) is 0 Å². The fraction of sp³-hybridized carbons (Fsp3) is 0.750. The maximum atomic E-state index is 12.1. The molecular formula is C12H25N5O2S. The Labute approximate surface area is 121 Å². The van der Waals surface area contributed by atoms with Crippen LogP contribution in [0.4, 0.5) is 0 Å². The Kier molecular flexibility index (Phi) is 6.60. The van der Waals surface area contributed by atoms with E-state index in [2.05, 4.69) is 15.1 Å². The molecule has 1 rings (SSSR count). The highest BCUT2D eigenvalue weighted by molar-refractivity contribution is 7.89. The Morgan fingerprint density at radius 3 is 2.75 bits per heavy atom. The number of likely N-dealkylation sites (N-methyl/N-ethyl adjacent to an activating group) is 1. The van der Waals surface area contributed by atoms with Gasteiger partial charge in [-0.25, -0.2) is 13.1 Å². The first-order valence-electron chi connectivity index (χ1n) is 6.70. The number of aryl methyl sites for hydroxylation is 1. The van der Waals surface area contributed by atoms with E-state index in [1.54, 1.807) is 10.9 Å². The van der Waals surface area contributed by atoms with E-state index in [1.807, 2.05) is 33.0 Å². The lowest BCUT2D eigenvalue weighted by Crippen LogP contribution is -2.38. The fourth-order valence-electron chi connectivity index (χ4n) is 1.52. The monoisotopic (exact) mass is 303 g/mol. The molecule has 7 nitrogen and oxygen atoms in total. The highest BCUT2D eigenvalue weighted by Gasteiger charge is 2.17. The molecular weight excluding hydrogens is 278 g/mol. The zero-order valence-corrected chi connectivity index (χ0v) is 13.4. The lowest BCUT2D eigenvalue weighted by molar-refractivity contribution is 0.314. The van der Waals surface area contributed by atoms with Gasteiger partial charge in [-0.2, -0.15) is 5.10 Å². The van der Waals surface area contributed by atoms with Gasteiger partial charge < -0.3 is 10.2 Å². The molecule has 1 aromatic rings. The van der Waals surface area contributed by atoms with Crippen LogP contribution in [0.25, 0.3) is 0 Å². The van der Waals surface area contributed by atoms with Gasteiger partial charge in [-0.05, 0) is 41.0 Å². The number of nitrogens with zero attached hydrogens (tertiary/aromatic N) is 3. The summed E-state index contributed by atoms with van der Waals surface area (Å²) in [6.45, 7) is 3.91. The Bertz CT molecular complexity index is 498. The zero-order valence-electron chi connectivity index (χ0n) is 12.6. The lowest BCUT2D eigenvalue weighted by atomic mass is 10.3. The molecule has 20 heavy (non-hydrogen) atoms. The van der Waals surface area contributed by atoms with Crippen LogP contribution in [0.3, 0.4) is 0 Å². The van der Waals surface area contributed by atoms with Gasteiger partial charge in [0, 0.05) is 25.3 Å². The van der Waals surface area contributed by atoms with Crippen LogP contribution in [0.15, 0.2) is 17.3 Å². The molecule has 0 aliphatic heterocycles. The van der Waals surface area contributed by atoms with E-state index < -0.39 is 10.0 Å². The van der Waals surface area contributed by atoms with Gasteiger partial charge in [-0.1, -0.05) is 0 Å². The molecule has 2 N–H and O–H groups in total. The van der Waals surface area contributed by atoms with E-state index in [0.29, 0.717) is 13.1 Å². The summed E-state index contributed by atoms with van der Waals surface area (Å²) >= 11 is 0. The molecule has 0 saturated carbocycles. The minimum atomic E-state index is -3.47. The summed E-state index contributed by atoms with van der Waals surface area (Å²) in [5, 5.41) is 7.12. The second-order valence-corrected chi connectivity index (χ2v) is 6.83. The molecule has 1 aromatic heterocycles. The Morgan fingerprint density at radius 2 is 2.15 bits per heavy atom. The van der Waals surface area contributed by atoms with Crippen LogP contribution in [0.1, 0.15) is 13.3 Å². The zero-order chi connectivity index (χ0) is 15.2. The second kappa shape index (κ2) is 7.72. The quantitative estimate of drug-likeness (QED) is 0.614. The van der Waals surface area contributed by atoms with Crippen molar-refractivity contribution in [3.8, 4) is 0 Å². The first-order chi connectivity index (χ1) is 9.36. The number of hydrogen-bond acceptors (Lipinski definition) is 5. The number of sulfonamides is 1. The van der Waals surface area contributed by atoms with Crippen molar-refractivity contribution in [3.05, 3.63) is 12.4 Å². The highest BCUT2D eigenvalue weighted by atomic mass is 32.2. The second-order valence-electron chi connectivity index (χ2n) is 5.06. The van der Waals surface area contributed by atoms with Crippen LogP contribution in [-0.4, -0.2) is 63.4 Å². The maximum absolute atomic E-state index is 12.1. The van der Waals surface area contributed by atoms with Gasteiger partial charge in [0.2, 0.25) is 10.0 Å². The molecule has 1 atom stereocenters. The standard InChI is InChI=1S/C12H25N5O2S/c1-11(16(3)4)8-15-20(18,19)12-9-14-17(10-12)7-5-6-13-2/h9-11,13,15H,5-8H2,1-4H3. The Hall–Kier alpha value is -0.960. The summed E-state index contributed by atoms with van der Waals surface area (Å²) in [6, 6.07) is 0.135. The van der Waals surface area contributed by atoms with Gasteiger partial charge in [0.05, 0.1) is 6.20 Å². The van der Waals surface area contributed by atoms with E-state index in [4.69, 9.17) is 0 Å². The average Bonchev–Trinajstić information content (AvgIpc) is 2.86. The predicted octanol–water partition coefficient (Wildman–Crippen LogP) is -0.279. The van der Waals surface area contributed by atoms with Crippen molar-refractivity contribution in [2.45, 2.75) is 30.8 Å².